The Balaban J connectivity index is 2.71. The van der Waals surface area contributed by atoms with Gasteiger partial charge in [-0.2, -0.15) is 0 Å². The number of rotatable bonds is 6. The molecule has 0 saturated heterocycles. The zero-order chi connectivity index (χ0) is 13.8. The highest BCUT2D eigenvalue weighted by atomic mass is 35.5. The first kappa shape index (κ1) is 15.0. The number of nitrogens with one attached hydrogen (secondary N) is 1. The van der Waals surface area contributed by atoms with E-state index >= 15 is 0 Å². The van der Waals surface area contributed by atoms with Gasteiger partial charge in [-0.3, -0.25) is 0 Å². The van der Waals surface area contributed by atoms with Crippen LogP contribution in [0.2, 0.25) is 5.15 Å². The van der Waals surface area contributed by atoms with Crippen molar-refractivity contribution in [1.29, 1.82) is 0 Å². The van der Waals surface area contributed by atoms with Gasteiger partial charge >= 0.3 is 0 Å². The third kappa shape index (κ3) is 4.31. The number of ether oxygens (including phenoxy) is 1. The summed E-state index contributed by atoms with van der Waals surface area (Å²) in [5.74, 6) is 1.11. The first-order chi connectivity index (χ1) is 8.35. The van der Waals surface area contributed by atoms with Crippen LogP contribution in [0.25, 0.3) is 0 Å². The van der Waals surface area contributed by atoms with E-state index in [1.165, 1.54) is 6.33 Å². The lowest BCUT2D eigenvalue weighted by atomic mass is 9.93. The molecule has 0 aliphatic carbocycles. The molecule has 0 fully saturated rings. The van der Waals surface area contributed by atoms with Crippen molar-refractivity contribution in [2.45, 2.75) is 13.8 Å². The molecule has 0 bridgehead atoms. The Bertz CT molecular complexity index is 396. The van der Waals surface area contributed by atoms with E-state index in [1.54, 1.807) is 7.11 Å². The largest absolute Gasteiger partial charge is 0.490 e. The molecule has 0 radical (unpaired) electrons. The zero-order valence-corrected chi connectivity index (χ0v) is 12.4. The highest BCUT2D eigenvalue weighted by molar-refractivity contribution is 6.31. The summed E-state index contributed by atoms with van der Waals surface area (Å²) in [5.41, 5.74) is 0.117. The Hall–Kier alpha value is -1.07. The third-order valence-electron chi connectivity index (χ3n) is 2.44. The van der Waals surface area contributed by atoms with Crippen LogP contribution in [-0.4, -0.2) is 49.2 Å². The van der Waals surface area contributed by atoms with E-state index in [0.717, 1.165) is 13.1 Å². The van der Waals surface area contributed by atoms with Gasteiger partial charge in [-0.25, -0.2) is 9.97 Å². The molecule has 102 valence electrons. The van der Waals surface area contributed by atoms with Crippen molar-refractivity contribution in [2.24, 2.45) is 5.41 Å². The zero-order valence-electron chi connectivity index (χ0n) is 11.6. The molecule has 5 nitrogen and oxygen atoms in total. The molecule has 1 aromatic rings. The molecule has 1 N–H and O–H groups in total. The fourth-order valence-corrected chi connectivity index (χ4v) is 2.10. The number of nitrogens with zero attached hydrogens (tertiary/aromatic N) is 3. The highest BCUT2D eigenvalue weighted by Crippen LogP contribution is 2.29. The number of halogens is 1. The van der Waals surface area contributed by atoms with Crippen LogP contribution in [0, 0.1) is 5.41 Å². The van der Waals surface area contributed by atoms with E-state index in [2.05, 4.69) is 48.1 Å². The smallest absolute Gasteiger partial charge is 0.198 e. The van der Waals surface area contributed by atoms with Gasteiger partial charge in [0.2, 0.25) is 0 Å². The van der Waals surface area contributed by atoms with Crippen LogP contribution < -0.4 is 10.1 Å². The van der Waals surface area contributed by atoms with E-state index < -0.39 is 0 Å². The van der Waals surface area contributed by atoms with Crippen LogP contribution in [0.4, 0.5) is 5.82 Å². The highest BCUT2D eigenvalue weighted by Gasteiger charge is 2.20. The van der Waals surface area contributed by atoms with E-state index in [9.17, 15) is 0 Å². The standard InChI is InChI=1S/C12H21ClN4O/c1-12(2,7-17(3)4)6-14-11-9(18-5)10(13)15-8-16-11/h8H,6-7H2,1-5H3,(H,14,15,16). The minimum Gasteiger partial charge on any atom is -0.490 e. The van der Waals surface area contributed by atoms with Crippen LogP contribution in [0.15, 0.2) is 6.33 Å². The predicted molar refractivity (Wildman–Crippen MR) is 74.4 cm³/mol. The van der Waals surface area contributed by atoms with Crippen molar-refractivity contribution in [2.75, 3.05) is 39.6 Å². The number of anilines is 1. The van der Waals surface area contributed by atoms with Gasteiger partial charge in [-0.15, -0.1) is 0 Å². The van der Waals surface area contributed by atoms with Gasteiger partial charge in [0.15, 0.2) is 16.7 Å². The molecule has 0 aromatic carbocycles. The molecule has 0 aliphatic rings. The minimum absolute atomic E-state index is 0.117. The lowest BCUT2D eigenvalue weighted by Crippen LogP contribution is -2.34. The lowest BCUT2D eigenvalue weighted by Gasteiger charge is -2.28. The summed E-state index contributed by atoms with van der Waals surface area (Å²) < 4.78 is 5.19. The van der Waals surface area contributed by atoms with Crippen molar-refractivity contribution in [1.82, 2.24) is 14.9 Å². The summed E-state index contributed by atoms with van der Waals surface area (Å²) in [4.78, 5) is 10.2. The maximum Gasteiger partial charge on any atom is 0.198 e. The fourth-order valence-electron chi connectivity index (χ4n) is 1.89. The quantitative estimate of drug-likeness (QED) is 0.804. The summed E-state index contributed by atoms with van der Waals surface area (Å²) >= 11 is 5.94. The molecule has 0 saturated carbocycles. The Morgan fingerprint density at radius 2 is 2.06 bits per heavy atom. The first-order valence-electron chi connectivity index (χ1n) is 5.79. The third-order valence-corrected chi connectivity index (χ3v) is 2.71. The molecule has 18 heavy (non-hydrogen) atoms. The summed E-state index contributed by atoms with van der Waals surface area (Å²) in [6.07, 6.45) is 1.42. The monoisotopic (exact) mass is 272 g/mol. The Morgan fingerprint density at radius 1 is 1.39 bits per heavy atom. The number of methoxy groups -OCH3 is 1. The number of hydrogen-bond acceptors (Lipinski definition) is 5. The molecule has 1 heterocycles. The second kappa shape index (κ2) is 6.20. The predicted octanol–water partition coefficient (Wildman–Crippen LogP) is 2.14. The summed E-state index contributed by atoms with van der Waals surface area (Å²) in [6.45, 7) is 6.13. The molecule has 0 aliphatic heterocycles. The van der Waals surface area contributed by atoms with Gasteiger partial charge in [0, 0.05) is 13.1 Å². The summed E-state index contributed by atoms with van der Waals surface area (Å²) in [6, 6.07) is 0. The van der Waals surface area contributed by atoms with E-state index in [-0.39, 0.29) is 5.41 Å². The maximum atomic E-state index is 5.94. The van der Waals surface area contributed by atoms with Crippen LogP contribution in [0.3, 0.4) is 0 Å². The minimum atomic E-state index is 0.117. The van der Waals surface area contributed by atoms with Gasteiger partial charge in [0.25, 0.3) is 0 Å². The molecule has 0 atom stereocenters. The van der Waals surface area contributed by atoms with Crippen molar-refractivity contribution in [3.63, 3.8) is 0 Å². The molecule has 0 unspecified atom stereocenters. The van der Waals surface area contributed by atoms with Gasteiger partial charge < -0.3 is 15.0 Å². The second-order valence-corrected chi connectivity index (χ2v) is 5.66. The molecular weight excluding hydrogens is 252 g/mol. The van der Waals surface area contributed by atoms with E-state index in [4.69, 9.17) is 16.3 Å². The van der Waals surface area contributed by atoms with Gasteiger partial charge in [0.1, 0.15) is 6.33 Å². The first-order valence-corrected chi connectivity index (χ1v) is 6.16. The van der Waals surface area contributed by atoms with Crippen LogP contribution in [-0.2, 0) is 0 Å². The number of aromatic nitrogens is 2. The molecule has 1 aromatic heterocycles. The Morgan fingerprint density at radius 3 is 2.61 bits per heavy atom. The number of hydrogen-bond donors (Lipinski definition) is 1. The van der Waals surface area contributed by atoms with E-state index in [0.29, 0.717) is 16.7 Å². The molecule has 1 rings (SSSR count). The summed E-state index contributed by atoms with van der Waals surface area (Å²) in [5, 5.41) is 3.58. The van der Waals surface area contributed by atoms with Crippen molar-refractivity contribution in [3.8, 4) is 5.75 Å². The average Bonchev–Trinajstić information content (AvgIpc) is 2.24. The second-order valence-electron chi connectivity index (χ2n) is 5.30. The molecule has 0 amide bonds. The Labute approximate surface area is 114 Å². The van der Waals surface area contributed by atoms with Crippen LogP contribution >= 0.6 is 11.6 Å². The topological polar surface area (TPSA) is 50.3 Å². The van der Waals surface area contributed by atoms with Crippen molar-refractivity contribution in [3.05, 3.63) is 11.5 Å². The normalized spacial score (nSPS) is 11.7. The average molecular weight is 273 g/mol. The maximum absolute atomic E-state index is 5.94. The summed E-state index contributed by atoms with van der Waals surface area (Å²) in [7, 11) is 5.68. The lowest BCUT2D eigenvalue weighted by molar-refractivity contribution is 0.253. The van der Waals surface area contributed by atoms with Gasteiger partial charge in [-0.1, -0.05) is 25.4 Å². The van der Waals surface area contributed by atoms with Crippen LogP contribution in [0.1, 0.15) is 13.8 Å². The molecular formula is C12H21ClN4O. The van der Waals surface area contributed by atoms with Gasteiger partial charge in [-0.05, 0) is 19.5 Å². The van der Waals surface area contributed by atoms with Crippen molar-refractivity contribution < 1.29 is 4.74 Å². The van der Waals surface area contributed by atoms with Crippen molar-refractivity contribution >= 4 is 17.4 Å². The van der Waals surface area contributed by atoms with Crippen LogP contribution in [0.5, 0.6) is 5.75 Å². The molecule has 0 spiro atoms. The van der Waals surface area contributed by atoms with E-state index in [1.807, 2.05) is 0 Å². The Kier molecular flexibility index (Phi) is 5.16. The fraction of sp³-hybridized carbons (Fsp3) is 0.667. The molecule has 6 heteroatoms. The SMILES string of the molecule is COc1c(Cl)ncnc1NCC(C)(C)CN(C)C. The van der Waals surface area contributed by atoms with Gasteiger partial charge in [0.05, 0.1) is 7.11 Å².